The van der Waals surface area contributed by atoms with Crippen LogP contribution < -0.4 is 0 Å². The molecule has 1 fully saturated rings. The zero-order valence-corrected chi connectivity index (χ0v) is 17.5. The standard InChI is InChI=1S/C6H18O3Si3.C5H12Si/c1-10(2)7-11(3,4)9-12(5,6)8-10;1-5-6(2,3)4/h1-6H3;5H,1H2,2-4H3. The summed E-state index contributed by atoms with van der Waals surface area (Å²) in [6, 6.07) is 0. The lowest BCUT2D eigenvalue weighted by atomic mass is 11.3. The van der Waals surface area contributed by atoms with E-state index in [1.807, 2.05) is 0 Å². The summed E-state index contributed by atoms with van der Waals surface area (Å²) in [5.74, 6) is 0. The topological polar surface area (TPSA) is 27.7 Å². The zero-order valence-electron chi connectivity index (χ0n) is 13.5. The molecule has 108 valence electrons. The average Bonchev–Trinajstić information content (AvgIpc) is 1.93. The lowest BCUT2D eigenvalue weighted by Crippen LogP contribution is -2.64. The maximum Gasteiger partial charge on any atom is 0.314 e. The van der Waals surface area contributed by atoms with Crippen LogP contribution >= 0.6 is 0 Å². The number of hydrogen-bond donors (Lipinski definition) is 0. The maximum absolute atomic E-state index is 5.86. The lowest BCUT2D eigenvalue weighted by molar-refractivity contribution is 0.238. The van der Waals surface area contributed by atoms with Gasteiger partial charge in [-0.05, 0) is 39.3 Å². The fourth-order valence-corrected chi connectivity index (χ4v) is 17.7. The van der Waals surface area contributed by atoms with Crippen molar-refractivity contribution in [2.45, 2.75) is 58.9 Å². The first-order valence-corrected chi connectivity index (χ1v) is 18.4. The van der Waals surface area contributed by atoms with Gasteiger partial charge in [-0.2, -0.15) is 0 Å². The van der Waals surface area contributed by atoms with Crippen LogP contribution in [-0.2, 0) is 12.3 Å². The molecule has 3 nitrogen and oxygen atoms in total. The van der Waals surface area contributed by atoms with Crippen molar-refractivity contribution in [2.75, 3.05) is 0 Å². The average molecular weight is 323 g/mol. The summed E-state index contributed by atoms with van der Waals surface area (Å²) in [6.45, 7) is 23.1. The summed E-state index contributed by atoms with van der Waals surface area (Å²) in [5, 5.41) is 0. The first-order chi connectivity index (χ1) is 7.68. The highest BCUT2D eigenvalue weighted by molar-refractivity contribution is 6.92. The Hall–Kier alpha value is 0.488. The molecular formula is C11H30O3Si4. The van der Waals surface area contributed by atoms with Crippen molar-refractivity contribution in [3.63, 3.8) is 0 Å². The second-order valence-corrected chi connectivity index (χ2v) is 23.1. The Morgan fingerprint density at radius 2 is 0.889 bits per heavy atom. The van der Waals surface area contributed by atoms with Gasteiger partial charge in [0.05, 0.1) is 8.07 Å². The molecule has 18 heavy (non-hydrogen) atoms. The van der Waals surface area contributed by atoms with E-state index in [2.05, 4.69) is 71.2 Å². The monoisotopic (exact) mass is 322 g/mol. The molecule has 1 aliphatic rings. The molecule has 1 heterocycles. The highest BCUT2D eigenvalue weighted by Crippen LogP contribution is 2.29. The summed E-state index contributed by atoms with van der Waals surface area (Å²) in [6.07, 6.45) is 0. The minimum absolute atomic E-state index is 0.867. The van der Waals surface area contributed by atoms with Crippen molar-refractivity contribution in [3.8, 4) is 0 Å². The van der Waals surface area contributed by atoms with Gasteiger partial charge in [0.15, 0.2) is 0 Å². The van der Waals surface area contributed by atoms with Gasteiger partial charge in [0.2, 0.25) is 0 Å². The molecule has 1 aliphatic heterocycles. The Morgan fingerprint density at radius 1 is 0.722 bits per heavy atom. The van der Waals surface area contributed by atoms with Crippen LogP contribution in [0, 0.1) is 0 Å². The molecule has 7 heteroatoms. The Kier molecular flexibility index (Phi) is 6.02. The van der Waals surface area contributed by atoms with Gasteiger partial charge in [-0.3, -0.25) is 0 Å². The van der Waals surface area contributed by atoms with Gasteiger partial charge in [0, 0.05) is 0 Å². The van der Waals surface area contributed by atoms with Gasteiger partial charge in [-0.15, -0.1) is 12.3 Å². The molecule has 0 atom stereocenters. The van der Waals surface area contributed by atoms with Crippen LogP contribution in [-0.4, -0.2) is 33.8 Å². The Balaban J connectivity index is 0.000000411. The minimum atomic E-state index is -1.86. The zero-order chi connectivity index (χ0) is 14.8. The second kappa shape index (κ2) is 5.86. The maximum atomic E-state index is 5.86. The Bertz CT molecular complexity index is 250. The molecule has 0 aromatic heterocycles. The van der Waals surface area contributed by atoms with Gasteiger partial charge in [0.1, 0.15) is 0 Å². The fraction of sp³-hybridized carbons (Fsp3) is 0.818. The van der Waals surface area contributed by atoms with E-state index in [0.717, 1.165) is 0 Å². The molecule has 0 bridgehead atoms. The molecular weight excluding hydrogens is 292 g/mol. The van der Waals surface area contributed by atoms with Crippen LogP contribution in [0.25, 0.3) is 0 Å². The SMILES string of the molecule is C=C[Si](C)(C)C.C[Si]1(C)O[Si](C)(C)O[Si](C)(C)O1. The second-order valence-electron chi connectivity index (χ2n) is 7.08. The van der Waals surface area contributed by atoms with Crippen LogP contribution in [0.2, 0.25) is 58.9 Å². The Morgan fingerprint density at radius 3 is 1.00 bits per heavy atom. The third-order valence-electron chi connectivity index (χ3n) is 2.09. The molecule has 1 saturated heterocycles. The normalized spacial score (nSPS) is 24.7. The number of rotatable bonds is 1. The largest absolute Gasteiger partial charge is 0.416 e. The minimum Gasteiger partial charge on any atom is -0.416 e. The van der Waals surface area contributed by atoms with Gasteiger partial charge < -0.3 is 12.3 Å². The number of hydrogen-bond acceptors (Lipinski definition) is 3. The fourth-order valence-electron chi connectivity index (χ4n) is 1.84. The third-order valence-corrected chi connectivity index (χ3v) is 15.1. The smallest absolute Gasteiger partial charge is 0.314 e. The van der Waals surface area contributed by atoms with Crippen LogP contribution in [0.1, 0.15) is 0 Å². The lowest BCUT2D eigenvalue weighted by Gasteiger charge is -2.46. The van der Waals surface area contributed by atoms with Crippen LogP contribution in [0.4, 0.5) is 0 Å². The van der Waals surface area contributed by atoms with E-state index in [1.165, 1.54) is 0 Å². The van der Waals surface area contributed by atoms with E-state index < -0.39 is 33.8 Å². The van der Waals surface area contributed by atoms with Gasteiger partial charge in [-0.1, -0.05) is 19.6 Å². The van der Waals surface area contributed by atoms with Gasteiger partial charge >= 0.3 is 25.7 Å². The molecule has 0 spiro atoms. The molecule has 0 unspecified atom stereocenters. The van der Waals surface area contributed by atoms with Crippen molar-refractivity contribution in [3.05, 3.63) is 12.3 Å². The quantitative estimate of drug-likeness (QED) is 0.677. The van der Waals surface area contributed by atoms with E-state index in [4.69, 9.17) is 12.3 Å². The molecule has 0 aliphatic carbocycles. The van der Waals surface area contributed by atoms with Crippen molar-refractivity contribution >= 4 is 33.8 Å². The summed E-state index contributed by atoms with van der Waals surface area (Å²) in [5.41, 5.74) is 2.08. The van der Waals surface area contributed by atoms with E-state index in [9.17, 15) is 0 Å². The molecule has 0 saturated carbocycles. The van der Waals surface area contributed by atoms with Crippen LogP contribution in [0.15, 0.2) is 12.3 Å². The molecule has 1 rings (SSSR count). The van der Waals surface area contributed by atoms with Crippen molar-refractivity contribution in [1.29, 1.82) is 0 Å². The van der Waals surface area contributed by atoms with Crippen molar-refractivity contribution < 1.29 is 12.3 Å². The van der Waals surface area contributed by atoms with Crippen LogP contribution in [0.5, 0.6) is 0 Å². The predicted molar refractivity (Wildman–Crippen MR) is 89.2 cm³/mol. The molecule has 0 amide bonds. The van der Waals surface area contributed by atoms with E-state index in [0.29, 0.717) is 0 Å². The highest BCUT2D eigenvalue weighted by Gasteiger charge is 2.49. The van der Waals surface area contributed by atoms with Gasteiger partial charge in [-0.25, -0.2) is 0 Å². The van der Waals surface area contributed by atoms with E-state index in [1.54, 1.807) is 0 Å². The third kappa shape index (κ3) is 8.57. The first-order valence-electron chi connectivity index (χ1n) is 6.42. The van der Waals surface area contributed by atoms with E-state index in [-0.39, 0.29) is 0 Å². The predicted octanol–water partition coefficient (Wildman–Crippen LogP) is 4.21. The summed E-state index contributed by atoms with van der Waals surface area (Å²) in [7, 11) is -6.46. The van der Waals surface area contributed by atoms with Crippen LogP contribution in [0.3, 0.4) is 0 Å². The molecule has 0 aromatic rings. The molecule has 0 N–H and O–H groups in total. The summed E-state index contributed by atoms with van der Waals surface area (Å²) < 4.78 is 17.6. The van der Waals surface area contributed by atoms with Gasteiger partial charge in [0.25, 0.3) is 0 Å². The Labute approximate surface area is 117 Å². The summed E-state index contributed by atoms with van der Waals surface area (Å²) in [4.78, 5) is 0. The molecule has 0 radical (unpaired) electrons. The summed E-state index contributed by atoms with van der Waals surface area (Å²) >= 11 is 0. The van der Waals surface area contributed by atoms with Crippen molar-refractivity contribution in [1.82, 2.24) is 0 Å². The van der Waals surface area contributed by atoms with Crippen molar-refractivity contribution in [2.24, 2.45) is 0 Å². The molecule has 0 aromatic carbocycles. The highest BCUT2D eigenvalue weighted by atomic mass is 28.5. The van der Waals surface area contributed by atoms with E-state index >= 15 is 0 Å². The first kappa shape index (κ1) is 18.5.